The van der Waals surface area contributed by atoms with Gasteiger partial charge in [0.2, 0.25) is 0 Å². The molecular weight excluding hydrogens is 358 g/mol. The molecular formula is C14H8F6N2O3. The molecule has 0 amide bonds. The highest BCUT2D eigenvalue weighted by molar-refractivity contribution is 6.04. The van der Waals surface area contributed by atoms with Crippen LogP contribution < -0.4 is 0 Å². The van der Waals surface area contributed by atoms with Gasteiger partial charge in [-0.1, -0.05) is 0 Å². The van der Waals surface area contributed by atoms with Crippen LogP contribution in [-0.4, -0.2) is 27.1 Å². The van der Waals surface area contributed by atoms with Crippen LogP contribution in [0.1, 0.15) is 39.0 Å². The molecule has 0 saturated carbocycles. The Kier molecular flexibility index (Phi) is 4.36. The molecule has 0 unspecified atom stereocenters. The van der Waals surface area contributed by atoms with E-state index in [1.807, 2.05) is 0 Å². The normalized spacial score (nSPS) is 12.3. The summed E-state index contributed by atoms with van der Waals surface area (Å²) in [7, 11) is 0. The van der Waals surface area contributed by atoms with E-state index in [1.165, 1.54) is 0 Å². The topological polar surface area (TPSA) is 83.0 Å². The number of rotatable bonds is 3. The Morgan fingerprint density at radius 3 is 2.12 bits per heavy atom. The van der Waals surface area contributed by atoms with E-state index in [9.17, 15) is 35.9 Å². The molecule has 0 saturated heterocycles. The average Bonchev–Trinajstić information content (AvgIpc) is 2.90. The van der Waals surface area contributed by atoms with Gasteiger partial charge in [0.25, 0.3) is 0 Å². The fourth-order valence-corrected chi connectivity index (χ4v) is 2.18. The standard InChI is InChI=1S/C14H8F6N2O3/c1-5(23)10-9(11(22-21-10)14(18,19)20)8-4-6(13(15,16)17)2-3-7(8)12(24)25/h2-4H,1H3,(H,21,22)(H,24,25). The molecule has 0 aliphatic carbocycles. The summed E-state index contributed by atoms with van der Waals surface area (Å²) in [6, 6.07) is 1.20. The molecule has 1 aromatic carbocycles. The van der Waals surface area contributed by atoms with Crippen LogP contribution in [-0.2, 0) is 12.4 Å². The van der Waals surface area contributed by atoms with Crippen molar-refractivity contribution >= 4 is 11.8 Å². The largest absolute Gasteiger partial charge is 0.478 e. The van der Waals surface area contributed by atoms with Gasteiger partial charge in [-0.3, -0.25) is 9.89 Å². The zero-order chi connectivity index (χ0) is 19.2. The minimum atomic E-state index is -5.10. The van der Waals surface area contributed by atoms with Crippen LogP contribution in [0.25, 0.3) is 11.1 Å². The zero-order valence-electron chi connectivity index (χ0n) is 12.2. The van der Waals surface area contributed by atoms with Gasteiger partial charge in [-0.25, -0.2) is 4.79 Å². The third-order valence-corrected chi connectivity index (χ3v) is 3.23. The summed E-state index contributed by atoms with van der Waals surface area (Å²) in [6.45, 7) is 0.855. The van der Waals surface area contributed by atoms with Gasteiger partial charge < -0.3 is 5.11 Å². The monoisotopic (exact) mass is 366 g/mol. The number of carbonyl (C=O) groups is 2. The van der Waals surface area contributed by atoms with E-state index in [-0.39, 0.29) is 6.07 Å². The van der Waals surface area contributed by atoms with E-state index in [2.05, 4.69) is 5.10 Å². The number of Topliss-reactive ketones (excluding diaryl/α,β-unsaturated/α-hetero) is 1. The summed E-state index contributed by atoms with van der Waals surface area (Å²) in [6.07, 6.45) is -10.0. The molecule has 0 aliphatic rings. The van der Waals surface area contributed by atoms with Gasteiger partial charge in [-0.05, 0) is 18.2 Å². The van der Waals surface area contributed by atoms with Gasteiger partial charge in [-0.15, -0.1) is 0 Å². The number of aromatic nitrogens is 2. The first-order chi connectivity index (χ1) is 11.3. The molecule has 134 valence electrons. The van der Waals surface area contributed by atoms with Crippen LogP contribution in [0.5, 0.6) is 0 Å². The van der Waals surface area contributed by atoms with Crippen molar-refractivity contribution < 1.29 is 41.0 Å². The van der Waals surface area contributed by atoms with Crippen molar-refractivity contribution in [1.29, 1.82) is 0 Å². The third-order valence-electron chi connectivity index (χ3n) is 3.23. The lowest BCUT2D eigenvalue weighted by atomic mass is 9.94. The maximum atomic E-state index is 13.1. The summed E-state index contributed by atoms with van der Waals surface area (Å²) in [4.78, 5) is 22.8. The number of alkyl halides is 6. The van der Waals surface area contributed by atoms with Gasteiger partial charge in [0, 0.05) is 18.1 Å². The number of carboxylic acid groups (broad SMARTS) is 1. The van der Waals surface area contributed by atoms with Gasteiger partial charge in [-0.2, -0.15) is 31.4 Å². The number of hydrogen-bond acceptors (Lipinski definition) is 3. The van der Waals surface area contributed by atoms with E-state index in [0.717, 1.165) is 6.92 Å². The second kappa shape index (κ2) is 5.90. The average molecular weight is 366 g/mol. The highest BCUT2D eigenvalue weighted by atomic mass is 19.4. The molecule has 11 heteroatoms. The number of ketones is 1. The van der Waals surface area contributed by atoms with E-state index in [0.29, 0.717) is 12.1 Å². The van der Waals surface area contributed by atoms with Crippen molar-refractivity contribution in [3.05, 3.63) is 40.7 Å². The van der Waals surface area contributed by atoms with Crippen LogP contribution in [0.2, 0.25) is 0 Å². The summed E-state index contributed by atoms with van der Waals surface area (Å²) < 4.78 is 78.0. The molecule has 0 radical (unpaired) electrons. The second-order valence-electron chi connectivity index (χ2n) is 4.94. The van der Waals surface area contributed by atoms with Gasteiger partial charge in [0.1, 0.15) is 11.4 Å². The number of H-pyrrole nitrogens is 1. The fraction of sp³-hybridized carbons (Fsp3) is 0.214. The predicted octanol–water partition coefficient (Wildman–Crippen LogP) is 4.02. The fourth-order valence-electron chi connectivity index (χ4n) is 2.18. The molecule has 1 aromatic heterocycles. The number of aromatic carboxylic acids is 1. The Hall–Kier alpha value is -2.85. The van der Waals surface area contributed by atoms with Crippen molar-refractivity contribution in [2.45, 2.75) is 19.3 Å². The lowest BCUT2D eigenvalue weighted by molar-refractivity contribution is -0.140. The zero-order valence-corrected chi connectivity index (χ0v) is 12.2. The molecule has 1 heterocycles. The second-order valence-corrected chi connectivity index (χ2v) is 4.94. The van der Waals surface area contributed by atoms with Crippen LogP contribution >= 0.6 is 0 Å². The Morgan fingerprint density at radius 1 is 1.08 bits per heavy atom. The minimum Gasteiger partial charge on any atom is -0.478 e. The lowest BCUT2D eigenvalue weighted by Crippen LogP contribution is -2.12. The minimum absolute atomic E-state index is 0.246. The molecule has 2 rings (SSSR count). The number of halogens is 6. The number of aromatic amines is 1. The van der Waals surface area contributed by atoms with E-state index < -0.39 is 57.7 Å². The SMILES string of the molecule is CC(=O)c1n[nH]c(C(F)(F)F)c1-c1cc(C(F)(F)F)ccc1C(=O)O. The molecule has 0 aliphatic heterocycles. The highest BCUT2D eigenvalue weighted by Crippen LogP contribution is 2.41. The van der Waals surface area contributed by atoms with Crippen molar-refractivity contribution in [1.82, 2.24) is 10.2 Å². The number of nitrogens with zero attached hydrogens (tertiary/aromatic N) is 1. The quantitative estimate of drug-likeness (QED) is 0.635. The molecule has 0 spiro atoms. The number of nitrogens with one attached hydrogen (secondary N) is 1. The van der Waals surface area contributed by atoms with E-state index in [1.54, 1.807) is 5.10 Å². The first-order valence-electron chi connectivity index (χ1n) is 6.45. The Balaban J connectivity index is 2.91. The van der Waals surface area contributed by atoms with Gasteiger partial charge >= 0.3 is 18.3 Å². The first kappa shape index (κ1) is 18.5. The maximum absolute atomic E-state index is 13.1. The molecule has 2 aromatic rings. The molecule has 0 atom stereocenters. The Labute approximate surface area is 135 Å². The van der Waals surface area contributed by atoms with Crippen molar-refractivity contribution in [2.75, 3.05) is 0 Å². The summed E-state index contributed by atoms with van der Waals surface area (Å²) in [5.41, 5.74) is -6.57. The van der Waals surface area contributed by atoms with Crippen LogP contribution in [0.3, 0.4) is 0 Å². The predicted molar refractivity (Wildman–Crippen MR) is 71.0 cm³/mol. The lowest BCUT2D eigenvalue weighted by Gasteiger charge is -2.14. The van der Waals surface area contributed by atoms with E-state index in [4.69, 9.17) is 5.11 Å². The molecule has 0 bridgehead atoms. The summed E-state index contributed by atoms with van der Waals surface area (Å²) in [5, 5.41) is 13.8. The summed E-state index contributed by atoms with van der Waals surface area (Å²) in [5.74, 6) is -2.73. The van der Waals surface area contributed by atoms with Crippen molar-refractivity contribution in [3.63, 3.8) is 0 Å². The van der Waals surface area contributed by atoms with Crippen LogP contribution in [0.4, 0.5) is 26.3 Å². The van der Waals surface area contributed by atoms with E-state index >= 15 is 0 Å². The molecule has 2 N–H and O–H groups in total. The summed E-state index contributed by atoms with van der Waals surface area (Å²) >= 11 is 0. The van der Waals surface area contributed by atoms with Crippen LogP contribution in [0, 0.1) is 0 Å². The van der Waals surface area contributed by atoms with Gasteiger partial charge in [0.05, 0.1) is 11.1 Å². The number of hydrogen-bond donors (Lipinski definition) is 2. The number of carboxylic acids is 1. The number of carbonyl (C=O) groups excluding carboxylic acids is 1. The Bertz CT molecular complexity index is 851. The van der Waals surface area contributed by atoms with Crippen LogP contribution in [0.15, 0.2) is 18.2 Å². The number of benzene rings is 1. The van der Waals surface area contributed by atoms with Crippen molar-refractivity contribution in [2.24, 2.45) is 0 Å². The maximum Gasteiger partial charge on any atom is 0.433 e. The molecule has 5 nitrogen and oxygen atoms in total. The molecule has 0 fully saturated rings. The first-order valence-corrected chi connectivity index (χ1v) is 6.45. The smallest absolute Gasteiger partial charge is 0.433 e. The highest BCUT2D eigenvalue weighted by Gasteiger charge is 2.40. The van der Waals surface area contributed by atoms with Crippen molar-refractivity contribution in [3.8, 4) is 11.1 Å². The Morgan fingerprint density at radius 2 is 1.68 bits per heavy atom. The molecule has 25 heavy (non-hydrogen) atoms. The third kappa shape index (κ3) is 3.49. The van der Waals surface area contributed by atoms with Gasteiger partial charge in [0.15, 0.2) is 5.78 Å².